The van der Waals surface area contributed by atoms with Crippen molar-refractivity contribution in [1.82, 2.24) is 0 Å². The quantitative estimate of drug-likeness (QED) is 0.728. The molecule has 3 rings (SSSR count). The predicted octanol–water partition coefficient (Wildman–Crippen LogP) is 3.19. The van der Waals surface area contributed by atoms with Gasteiger partial charge in [0.15, 0.2) is 0 Å². The summed E-state index contributed by atoms with van der Waals surface area (Å²) in [6.45, 7) is 1.91. The molecule has 6 heteroatoms. The third kappa shape index (κ3) is 3.35. The van der Waals surface area contributed by atoms with E-state index in [-0.39, 0.29) is 13.0 Å². The third-order valence-corrected chi connectivity index (χ3v) is 4.75. The van der Waals surface area contributed by atoms with E-state index in [0.717, 1.165) is 5.56 Å². The van der Waals surface area contributed by atoms with Gasteiger partial charge in [-0.15, -0.1) is 0 Å². The van der Waals surface area contributed by atoms with E-state index in [1.54, 1.807) is 57.5 Å². The van der Waals surface area contributed by atoms with Crippen molar-refractivity contribution >= 4 is 11.9 Å². The van der Waals surface area contributed by atoms with Gasteiger partial charge in [0, 0.05) is 11.5 Å². The van der Waals surface area contributed by atoms with Crippen LogP contribution in [0.2, 0.25) is 0 Å². The number of carbonyl (C=O) groups is 2. The Morgan fingerprint density at radius 2 is 1.59 bits per heavy atom. The van der Waals surface area contributed by atoms with Crippen LogP contribution in [0.4, 0.5) is 0 Å². The van der Waals surface area contributed by atoms with E-state index >= 15 is 0 Å². The Morgan fingerprint density at radius 3 is 2.11 bits per heavy atom. The summed E-state index contributed by atoms with van der Waals surface area (Å²) in [7, 11) is 3.14. The van der Waals surface area contributed by atoms with E-state index in [2.05, 4.69) is 0 Å². The van der Waals surface area contributed by atoms with Crippen LogP contribution in [-0.4, -0.2) is 32.8 Å². The number of methoxy groups -OCH3 is 2. The van der Waals surface area contributed by atoms with Crippen molar-refractivity contribution in [3.05, 3.63) is 59.7 Å². The molecule has 0 unspecified atom stereocenters. The second kappa shape index (κ2) is 7.70. The van der Waals surface area contributed by atoms with Crippen LogP contribution >= 0.6 is 0 Å². The van der Waals surface area contributed by atoms with Crippen LogP contribution in [0.25, 0.3) is 0 Å². The van der Waals surface area contributed by atoms with Gasteiger partial charge in [-0.3, -0.25) is 4.79 Å². The fraction of sp³-hybridized carbons (Fsp3) is 0.333. The van der Waals surface area contributed by atoms with Crippen LogP contribution in [0.1, 0.15) is 30.4 Å². The molecule has 6 nitrogen and oxygen atoms in total. The lowest BCUT2D eigenvalue weighted by molar-refractivity contribution is -0.176. The van der Waals surface area contributed by atoms with Crippen molar-refractivity contribution in [1.29, 1.82) is 0 Å². The van der Waals surface area contributed by atoms with Gasteiger partial charge < -0.3 is 18.9 Å². The van der Waals surface area contributed by atoms with E-state index in [0.29, 0.717) is 17.1 Å². The largest absolute Gasteiger partial charge is 0.497 e. The normalized spacial score (nSPS) is 21.4. The molecule has 1 saturated heterocycles. The minimum atomic E-state index is -1.53. The average Bonchev–Trinajstić information content (AvgIpc) is 3.06. The van der Waals surface area contributed by atoms with Crippen molar-refractivity contribution in [2.75, 3.05) is 20.8 Å². The van der Waals surface area contributed by atoms with Gasteiger partial charge in [-0.2, -0.15) is 0 Å². The summed E-state index contributed by atoms with van der Waals surface area (Å²) < 4.78 is 21.4. The molecule has 2 aromatic rings. The van der Waals surface area contributed by atoms with Gasteiger partial charge in [-0.1, -0.05) is 24.3 Å². The molecule has 0 aromatic heterocycles. The van der Waals surface area contributed by atoms with Crippen molar-refractivity contribution in [2.24, 2.45) is 0 Å². The van der Waals surface area contributed by atoms with Crippen LogP contribution in [-0.2, 0) is 24.7 Å². The zero-order chi connectivity index (χ0) is 19.4. The van der Waals surface area contributed by atoms with Gasteiger partial charge in [0.2, 0.25) is 5.60 Å². The molecule has 0 spiro atoms. The lowest BCUT2D eigenvalue weighted by Gasteiger charge is -2.32. The smallest absolute Gasteiger partial charge is 0.356 e. The number of cyclic esters (lactones) is 1. The SMILES string of the molecule is CCOC(=O)[C@]1(c2ccc(OC)cc2)OC(=O)C[C@@H]1c1ccc(OC)cc1. The molecule has 1 aliphatic rings. The summed E-state index contributed by atoms with van der Waals surface area (Å²) in [5.74, 6) is -0.205. The minimum absolute atomic E-state index is 0.0805. The maximum Gasteiger partial charge on any atom is 0.356 e. The maximum absolute atomic E-state index is 13.0. The number of ether oxygens (including phenoxy) is 4. The van der Waals surface area contributed by atoms with Gasteiger partial charge in [-0.25, -0.2) is 4.79 Å². The fourth-order valence-electron chi connectivity index (χ4n) is 3.43. The molecule has 0 amide bonds. The molecule has 2 aromatic carbocycles. The Balaban J connectivity index is 2.12. The van der Waals surface area contributed by atoms with Gasteiger partial charge >= 0.3 is 11.9 Å². The number of benzene rings is 2. The topological polar surface area (TPSA) is 71.1 Å². The van der Waals surface area contributed by atoms with Crippen molar-refractivity contribution < 1.29 is 28.5 Å². The molecular weight excluding hydrogens is 348 g/mol. The van der Waals surface area contributed by atoms with Gasteiger partial charge in [0.1, 0.15) is 11.5 Å². The van der Waals surface area contributed by atoms with E-state index in [1.807, 2.05) is 12.1 Å². The van der Waals surface area contributed by atoms with E-state index in [9.17, 15) is 9.59 Å². The summed E-state index contributed by atoms with van der Waals surface area (Å²) in [5.41, 5.74) is -0.188. The molecule has 1 aliphatic heterocycles. The number of hydrogen-bond donors (Lipinski definition) is 0. The van der Waals surface area contributed by atoms with E-state index in [1.165, 1.54) is 0 Å². The highest BCUT2D eigenvalue weighted by Crippen LogP contribution is 2.49. The number of esters is 2. The van der Waals surface area contributed by atoms with Crippen LogP contribution in [0.15, 0.2) is 48.5 Å². The maximum atomic E-state index is 13.0. The molecular formula is C21H22O6. The van der Waals surface area contributed by atoms with Gasteiger partial charge in [-0.05, 0) is 36.8 Å². The van der Waals surface area contributed by atoms with Crippen LogP contribution < -0.4 is 9.47 Å². The zero-order valence-electron chi connectivity index (χ0n) is 15.6. The molecule has 142 valence electrons. The molecule has 27 heavy (non-hydrogen) atoms. The summed E-state index contributed by atoms with van der Waals surface area (Å²) in [5, 5.41) is 0. The summed E-state index contributed by atoms with van der Waals surface area (Å²) >= 11 is 0. The minimum Gasteiger partial charge on any atom is -0.497 e. The van der Waals surface area contributed by atoms with Crippen LogP contribution in [0.3, 0.4) is 0 Å². The molecule has 0 bridgehead atoms. The van der Waals surface area contributed by atoms with E-state index in [4.69, 9.17) is 18.9 Å². The summed E-state index contributed by atoms with van der Waals surface area (Å²) in [6, 6.07) is 14.2. The second-order valence-electron chi connectivity index (χ2n) is 6.19. The predicted molar refractivity (Wildman–Crippen MR) is 97.7 cm³/mol. The van der Waals surface area contributed by atoms with Gasteiger partial charge in [0.05, 0.1) is 27.2 Å². The molecule has 0 saturated carbocycles. The molecule has 0 N–H and O–H groups in total. The lowest BCUT2D eigenvalue weighted by Crippen LogP contribution is -2.41. The molecule has 1 heterocycles. The first-order chi connectivity index (χ1) is 13.0. The number of rotatable bonds is 6. The zero-order valence-corrected chi connectivity index (χ0v) is 15.6. The highest BCUT2D eigenvalue weighted by Gasteiger charge is 2.58. The number of hydrogen-bond acceptors (Lipinski definition) is 6. The molecule has 2 atom stereocenters. The number of carbonyl (C=O) groups excluding carboxylic acids is 2. The van der Waals surface area contributed by atoms with E-state index < -0.39 is 23.5 Å². The highest BCUT2D eigenvalue weighted by atomic mass is 16.6. The molecule has 0 radical (unpaired) electrons. The second-order valence-corrected chi connectivity index (χ2v) is 6.19. The molecule has 1 fully saturated rings. The van der Waals surface area contributed by atoms with Crippen LogP contribution in [0, 0.1) is 0 Å². The Kier molecular flexibility index (Phi) is 5.35. The Morgan fingerprint density at radius 1 is 1.04 bits per heavy atom. The fourth-order valence-corrected chi connectivity index (χ4v) is 3.43. The lowest BCUT2D eigenvalue weighted by atomic mass is 9.77. The Bertz CT molecular complexity index is 812. The third-order valence-electron chi connectivity index (χ3n) is 4.75. The first-order valence-corrected chi connectivity index (χ1v) is 8.72. The monoisotopic (exact) mass is 370 g/mol. The summed E-state index contributed by atoms with van der Waals surface area (Å²) in [4.78, 5) is 25.3. The highest BCUT2D eigenvalue weighted by molar-refractivity contribution is 5.90. The van der Waals surface area contributed by atoms with Crippen molar-refractivity contribution in [2.45, 2.75) is 24.9 Å². The standard InChI is InChI=1S/C21H22O6/c1-4-26-20(23)21(15-7-11-17(25-3)12-8-15)18(13-19(22)27-21)14-5-9-16(24-2)10-6-14/h5-12,18H,4,13H2,1-3H3/t18-,21-/m1/s1. The summed E-state index contributed by atoms with van der Waals surface area (Å²) in [6.07, 6.45) is 0.0805. The first kappa shape index (κ1) is 18.8. The van der Waals surface area contributed by atoms with Crippen LogP contribution in [0.5, 0.6) is 11.5 Å². The van der Waals surface area contributed by atoms with Crippen molar-refractivity contribution in [3.63, 3.8) is 0 Å². The Hall–Kier alpha value is -3.02. The van der Waals surface area contributed by atoms with Crippen molar-refractivity contribution in [3.8, 4) is 11.5 Å². The average molecular weight is 370 g/mol. The molecule has 0 aliphatic carbocycles. The first-order valence-electron chi connectivity index (χ1n) is 8.72. The van der Waals surface area contributed by atoms with Gasteiger partial charge in [0.25, 0.3) is 0 Å². The Labute approximate surface area is 158 Å².